The van der Waals surface area contributed by atoms with E-state index in [1.54, 1.807) is 0 Å². The molecule has 0 atom stereocenters. The molecule has 0 amide bonds. The number of rotatable bonds is 7. The van der Waals surface area contributed by atoms with Crippen LogP contribution < -0.4 is 0 Å². The van der Waals surface area contributed by atoms with Crippen LogP contribution in [0, 0.1) is 5.92 Å². The first-order chi connectivity index (χ1) is 9.06. The minimum atomic E-state index is -1.43. The van der Waals surface area contributed by atoms with Crippen LogP contribution in [0.25, 0.3) is 0 Å². The van der Waals surface area contributed by atoms with E-state index in [2.05, 4.69) is 11.3 Å². The van der Waals surface area contributed by atoms with Gasteiger partial charge in [0, 0.05) is 5.57 Å². The van der Waals surface area contributed by atoms with E-state index in [1.165, 1.54) is 20.8 Å². The van der Waals surface area contributed by atoms with Gasteiger partial charge in [-0.3, -0.25) is 0 Å². The van der Waals surface area contributed by atoms with Crippen LogP contribution in [0.4, 0.5) is 0 Å². The first kappa shape index (κ1) is 18.1. The number of hydrogen-bond donors (Lipinski definition) is 0. The number of esters is 3. The van der Waals surface area contributed by atoms with E-state index < -0.39 is 30.1 Å². The van der Waals surface area contributed by atoms with E-state index in [0.29, 0.717) is 0 Å². The summed E-state index contributed by atoms with van der Waals surface area (Å²) in [6.07, 6.45) is 0. The summed E-state index contributed by atoms with van der Waals surface area (Å²) in [5, 5.41) is 0. The standard InChI is InChI=1S/C14H22O6/c1-9(2)7-19-13(17)14(5,6)20-11(15)8-18-12(16)10(3)4/h9H,3,7-8H2,1-2,4-6H3. The molecule has 114 valence electrons. The van der Waals surface area contributed by atoms with Crippen LogP contribution in [0.1, 0.15) is 34.6 Å². The maximum Gasteiger partial charge on any atom is 0.350 e. The van der Waals surface area contributed by atoms with Crippen LogP contribution in [0.5, 0.6) is 0 Å². The quantitative estimate of drug-likeness (QED) is 0.402. The molecular formula is C14H22O6. The van der Waals surface area contributed by atoms with Gasteiger partial charge in [0.15, 0.2) is 6.61 Å². The molecule has 0 saturated heterocycles. The van der Waals surface area contributed by atoms with Crippen molar-refractivity contribution in [1.29, 1.82) is 0 Å². The van der Waals surface area contributed by atoms with Crippen molar-refractivity contribution in [2.75, 3.05) is 13.2 Å². The molecule has 0 heterocycles. The average molecular weight is 286 g/mol. The monoisotopic (exact) mass is 286 g/mol. The first-order valence-electron chi connectivity index (χ1n) is 6.28. The molecule has 20 heavy (non-hydrogen) atoms. The Morgan fingerprint density at radius 2 is 1.70 bits per heavy atom. The van der Waals surface area contributed by atoms with Crippen LogP contribution >= 0.6 is 0 Å². The smallest absolute Gasteiger partial charge is 0.350 e. The molecule has 0 saturated carbocycles. The predicted octanol–water partition coefficient (Wildman–Crippen LogP) is 1.63. The van der Waals surface area contributed by atoms with Gasteiger partial charge < -0.3 is 14.2 Å². The summed E-state index contributed by atoms with van der Waals surface area (Å²) in [4.78, 5) is 34.3. The molecule has 0 fully saturated rings. The van der Waals surface area contributed by atoms with Gasteiger partial charge in [-0.2, -0.15) is 0 Å². The minimum Gasteiger partial charge on any atom is -0.462 e. The summed E-state index contributed by atoms with van der Waals surface area (Å²) in [5.41, 5.74) is -1.25. The maximum atomic E-state index is 11.7. The molecule has 0 aromatic rings. The average Bonchev–Trinajstić information content (AvgIpc) is 2.31. The predicted molar refractivity (Wildman–Crippen MR) is 71.7 cm³/mol. The topological polar surface area (TPSA) is 78.9 Å². The zero-order chi connectivity index (χ0) is 15.9. The Morgan fingerprint density at radius 1 is 1.15 bits per heavy atom. The summed E-state index contributed by atoms with van der Waals surface area (Å²) >= 11 is 0. The lowest BCUT2D eigenvalue weighted by Crippen LogP contribution is -2.40. The van der Waals surface area contributed by atoms with Gasteiger partial charge in [-0.1, -0.05) is 20.4 Å². The highest BCUT2D eigenvalue weighted by molar-refractivity contribution is 5.89. The molecule has 6 nitrogen and oxygen atoms in total. The van der Waals surface area contributed by atoms with Gasteiger partial charge >= 0.3 is 17.9 Å². The largest absolute Gasteiger partial charge is 0.462 e. The normalized spacial score (nSPS) is 10.9. The van der Waals surface area contributed by atoms with Crippen molar-refractivity contribution in [3.05, 3.63) is 12.2 Å². The number of hydrogen-bond acceptors (Lipinski definition) is 6. The van der Waals surface area contributed by atoms with Crippen LogP contribution in [0.2, 0.25) is 0 Å². The number of carbonyl (C=O) groups is 3. The zero-order valence-corrected chi connectivity index (χ0v) is 12.6. The Balaban J connectivity index is 4.30. The fourth-order valence-electron chi connectivity index (χ4n) is 1.02. The molecule has 0 spiro atoms. The SMILES string of the molecule is C=C(C)C(=O)OCC(=O)OC(C)(C)C(=O)OCC(C)C. The van der Waals surface area contributed by atoms with Crippen molar-refractivity contribution in [1.82, 2.24) is 0 Å². The molecular weight excluding hydrogens is 264 g/mol. The van der Waals surface area contributed by atoms with Crippen LogP contribution in [0.3, 0.4) is 0 Å². The van der Waals surface area contributed by atoms with Crippen molar-refractivity contribution >= 4 is 17.9 Å². The van der Waals surface area contributed by atoms with Crippen LogP contribution in [0.15, 0.2) is 12.2 Å². The fourth-order valence-corrected chi connectivity index (χ4v) is 1.02. The van der Waals surface area contributed by atoms with E-state index in [4.69, 9.17) is 9.47 Å². The third kappa shape index (κ3) is 6.92. The Labute approximate surface area is 119 Å². The Hall–Kier alpha value is -1.85. The minimum absolute atomic E-state index is 0.174. The number of ether oxygens (including phenoxy) is 3. The molecule has 0 aromatic heterocycles. The molecule has 0 aliphatic rings. The van der Waals surface area contributed by atoms with E-state index in [1.807, 2.05) is 13.8 Å². The van der Waals surface area contributed by atoms with Crippen molar-refractivity contribution in [2.24, 2.45) is 5.92 Å². The van der Waals surface area contributed by atoms with Crippen molar-refractivity contribution < 1.29 is 28.6 Å². The van der Waals surface area contributed by atoms with E-state index in [0.717, 1.165) is 0 Å². The summed E-state index contributed by atoms with van der Waals surface area (Å²) in [7, 11) is 0. The van der Waals surface area contributed by atoms with Crippen molar-refractivity contribution in [3.63, 3.8) is 0 Å². The van der Waals surface area contributed by atoms with E-state index >= 15 is 0 Å². The Kier molecular flexibility index (Phi) is 6.96. The number of carbonyl (C=O) groups excluding carboxylic acids is 3. The Bertz CT molecular complexity index is 394. The van der Waals surface area contributed by atoms with Crippen LogP contribution in [-0.4, -0.2) is 36.7 Å². The lowest BCUT2D eigenvalue weighted by Gasteiger charge is -2.23. The van der Waals surface area contributed by atoms with Gasteiger partial charge in [0.1, 0.15) is 0 Å². The lowest BCUT2D eigenvalue weighted by atomic mass is 10.1. The van der Waals surface area contributed by atoms with E-state index in [-0.39, 0.29) is 18.1 Å². The van der Waals surface area contributed by atoms with Gasteiger partial charge in [-0.15, -0.1) is 0 Å². The second-order valence-corrected chi connectivity index (χ2v) is 5.33. The molecule has 0 N–H and O–H groups in total. The van der Waals surface area contributed by atoms with Gasteiger partial charge in [0.25, 0.3) is 0 Å². The highest BCUT2D eigenvalue weighted by Crippen LogP contribution is 2.13. The third-order valence-electron chi connectivity index (χ3n) is 2.08. The summed E-state index contributed by atoms with van der Waals surface area (Å²) < 4.78 is 14.6. The second-order valence-electron chi connectivity index (χ2n) is 5.33. The van der Waals surface area contributed by atoms with E-state index in [9.17, 15) is 14.4 Å². The van der Waals surface area contributed by atoms with Gasteiger partial charge in [-0.05, 0) is 26.7 Å². The summed E-state index contributed by atoms with van der Waals surface area (Å²) in [6.45, 7) is 11.1. The second kappa shape index (κ2) is 7.67. The molecule has 0 radical (unpaired) electrons. The molecule has 0 aliphatic carbocycles. The van der Waals surface area contributed by atoms with Crippen molar-refractivity contribution in [3.8, 4) is 0 Å². The zero-order valence-electron chi connectivity index (χ0n) is 12.6. The highest BCUT2D eigenvalue weighted by atomic mass is 16.6. The molecule has 6 heteroatoms. The summed E-state index contributed by atoms with van der Waals surface area (Å²) in [5.74, 6) is -1.99. The maximum absolute atomic E-state index is 11.7. The summed E-state index contributed by atoms with van der Waals surface area (Å²) in [6, 6.07) is 0. The van der Waals surface area contributed by atoms with Gasteiger partial charge in [0.05, 0.1) is 6.61 Å². The van der Waals surface area contributed by atoms with Crippen LogP contribution in [-0.2, 0) is 28.6 Å². The third-order valence-corrected chi connectivity index (χ3v) is 2.08. The fraction of sp³-hybridized carbons (Fsp3) is 0.643. The Morgan fingerprint density at radius 3 is 2.15 bits per heavy atom. The molecule has 0 aromatic carbocycles. The molecule has 0 bridgehead atoms. The van der Waals surface area contributed by atoms with Gasteiger partial charge in [-0.25, -0.2) is 14.4 Å². The van der Waals surface area contributed by atoms with Gasteiger partial charge in [0.2, 0.25) is 5.60 Å². The lowest BCUT2D eigenvalue weighted by molar-refractivity contribution is -0.182. The van der Waals surface area contributed by atoms with Crippen molar-refractivity contribution in [2.45, 2.75) is 40.2 Å². The molecule has 0 aliphatic heterocycles. The molecule has 0 unspecified atom stereocenters. The molecule has 0 rings (SSSR count). The highest BCUT2D eigenvalue weighted by Gasteiger charge is 2.34. The first-order valence-corrected chi connectivity index (χ1v) is 6.28.